The summed E-state index contributed by atoms with van der Waals surface area (Å²) in [5.41, 5.74) is 1.64. The molecule has 0 unspecified atom stereocenters. The predicted molar refractivity (Wildman–Crippen MR) is 101 cm³/mol. The molecule has 0 fully saturated rings. The summed E-state index contributed by atoms with van der Waals surface area (Å²) in [5, 5.41) is 0.388. The SMILES string of the molecule is COC(=O)[C@H](C)Oc1c(-c2ccc(OC)cc2)oc2ccc(C)cc2c1=O. The maximum absolute atomic E-state index is 13.1. The van der Waals surface area contributed by atoms with Crippen LogP contribution in [0.4, 0.5) is 0 Å². The van der Waals surface area contributed by atoms with E-state index in [2.05, 4.69) is 0 Å². The molecule has 0 N–H and O–H groups in total. The van der Waals surface area contributed by atoms with Crippen molar-refractivity contribution in [1.29, 1.82) is 0 Å². The van der Waals surface area contributed by atoms with Gasteiger partial charge in [-0.3, -0.25) is 4.79 Å². The van der Waals surface area contributed by atoms with Crippen molar-refractivity contribution < 1.29 is 23.4 Å². The highest BCUT2D eigenvalue weighted by molar-refractivity contribution is 5.83. The lowest BCUT2D eigenvalue weighted by Crippen LogP contribution is -2.27. The highest BCUT2D eigenvalue weighted by Crippen LogP contribution is 2.32. The molecule has 0 radical (unpaired) electrons. The molecule has 0 saturated heterocycles. The summed E-state index contributed by atoms with van der Waals surface area (Å²) in [4.78, 5) is 24.9. The fourth-order valence-corrected chi connectivity index (χ4v) is 2.72. The van der Waals surface area contributed by atoms with Crippen molar-refractivity contribution in [2.24, 2.45) is 0 Å². The van der Waals surface area contributed by atoms with E-state index < -0.39 is 12.1 Å². The van der Waals surface area contributed by atoms with Crippen LogP contribution < -0.4 is 14.9 Å². The average molecular weight is 368 g/mol. The molecule has 0 bridgehead atoms. The first-order valence-electron chi connectivity index (χ1n) is 8.41. The molecule has 1 heterocycles. The molecular formula is C21H20O6. The smallest absolute Gasteiger partial charge is 0.346 e. The van der Waals surface area contributed by atoms with E-state index in [1.807, 2.05) is 13.0 Å². The van der Waals surface area contributed by atoms with Gasteiger partial charge in [0.25, 0.3) is 0 Å². The van der Waals surface area contributed by atoms with E-state index in [0.717, 1.165) is 5.56 Å². The summed E-state index contributed by atoms with van der Waals surface area (Å²) in [6, 6.07) is 12.4. The number of benzene rings is 2. The zero-order chi connectivity index (χ0) is 19.6. The van der Waals surface area contributed by atoms with Gasteiger partial charge in [-0.2, -0.15) is 0 Å². The van der Waals surface area contributed by atoms with Gasteiger partial charge in [0, 0.05) is 5.56 Å². The van der Waals surface area contributed by atoms with E-state index >= 15 is 0 Å². The summed E-state index contributed by atoms with van der Waals surface area (Å²) in [5.74, 6) is 0.299. The van der Waals surface area contributed by atoms with Crippen LogP contribution in [0.25, 0.3) is 22.3 Å². The van der Waals surface area contributed by atoms with Crippen molar-refractivity contribution in [3.05, 3.63) is 58.3 Å². The molecule has 1 aromatic heterocycles. The molecule has 6 nitrogen and oxygen atoms in total. The first-order valence-corrected chi connectivity index (χ1v) is 8.41. The van der Waals surface area contributed by atoms with Crippen LogP contribution >= 0.6 is 0 Å². The predicted octanol–water partition coefficient (Wildman–Crippen LogP) is 3.72. The van der Waals surface area contributed by atoms with Crippen LogP contribution in [0, 0.1) is 6.92 Å². The van der Waals surface area contributed by atoms with Gasteiger partial charge in [0.05, 0.1) is 19.6 Å². The van der Waals surface area contributed by atoms with Crippen molar-refractivity contribution in [2.75, 3.05) is 14.2 Å². The van der Waals surface area contributed by atoms with Crippen molar-refractivity contribution in [3.8, 4) is 22.8 Å². The van der Waals surface area contributed by atoms with Crippen LogP contribution in [0.15, 0.2) is 51.7 Å². The summed E-state index contributed by atoms with van der Waals surface area (Å²) in [6.07, 6.45) is -0.961. The third kappa shape index (κ3) is 3.65. The number of methoxy groups -OCH3 is 2. The largest absolute Gasteiger partial charge is 0.497 e. The van der Waals surface area contributed by atoms with E-state index in [-0.39, 0.29) is 16.9 Å². The molecule has 1 atom stereocenters. The number of esters is 1. The van der Waals surface area contributed by atoms with Crippen LogP contribution in [-0.4, -0.2) is 26.3 Å². The molecule has 2 aromatic carbocycles. The molecule has 0 amide bonds. The lowest BCUT2D eigenvalue weighted by molar-refractivity contribution is -0.147. The van der Waals surface area contributed by atoms with Gasteiger partial charge in [-0.1, -0.05) is 11.6 Å². The second-order valence-corrected chi connectivity index (χ2v) is 6.10. The van der Waals surface area contributed by atoms with Gasteiger partial charge < -0.3 is 18.6 Å². The number of carbonyl (C=O) groups excluding carboxylic acids is 1. The van der Waals surface area contributed by atoms with Gasteiger partial charge in [-0.05, 0) is 50.2 Å². The zero-order valence-electron chi connectivity index (χ0n) is 15.6. The number of ether oxygens (including phenoxy) is 3. The molecule has 27 heavy (non-hydrogen) atoms. The fourth-order valence-electron chi connectivity index (χ4n) is 2.72. The highest BCUT2D eigenvalue weighted by atomic mass is 16.6. The van der Waals surface area contributed by atoms with Crippen molar-refractivity contribution in [3.63, 3.8) is 0 Å². The van der Waals surface area contributed by atoms with E-state index in [1.54, 1.807) is 43.5 Å². The third-order valence-corrected chi connectivity index (χ3v) is 4.18. The van der Waals surface area contributed by atoms with E-state index in [0.29, 0.717) is 22.3 Å². The van der Waals surface area contributed by atoms with E-state index in [1.165, 1.54) is 14.0 Å². The monoisotopic (exact) mass is 368 g/mol. The van der Waals surface area contributed by atoms with Crippen molar-refractivity contribution in [1.82, 2.24) is 0 Å². The van der Waals surface area contributed by atoms with Crippen LogP contribution in [0.5, 0.6) is 11.5 Å². The average Bonchev–Trinajstić information content (AvgIpc) is 2.69. The highest BCUT2D eigenvalue weighted by Gasteiger charge is 2.23. The van der Waals surface area contributed by atoms with Crippen molar-refractivity contribution >= 4 is 16.9 Å². The fraction of sp³-hybridized carbons (Fsp3) is 0.238. The maximum Gasteiger partial charge on any atom is 0.346 e. The Bertz CT molecular complexity index is 1030. The van der Waals surface area contributed by atoms with Gasteiger partial charge in [-0.15, -0.1) is 0 Å². The van der Waals surface area contributed by atoms with Crippen LogP contribution in [-0.2, 0) is 9.53 Å². The first-order chi connectivity index (χ1) is 12.9. The minimum absolute atomic E-state index is 0.0313. The Balaban J connectivity index is 2.22. The number of carbonyl (C=O) groups is 1. The van der Waals surface area contributed by atoms with Gasteiger partial charge in [0.15, 0.2) is 11.9 Å². The Morgan fingerprint density at radius 2 is 1.78 bits per heavy atom. The number of hydrogen-bond acceptors (Lipinski definition) is 6. The van der Waals surface area contributed by atoms with E-state index in [9.17, 15) is 9.59 Å². The molecular weight excluding hydrogens is 348 g/mol. The Morgan fingerprint density at radius 3 is 2.41 bits per heavy atom. The number of fused-ring (bicyclic) bond motifs is 1. The molecule has 6 heteroatoms. The second kappa shape index (κ2) is 7.53. The third-order valence-electron chi connectivity index (χ3n) is 4.18. The Labute approximate surface area is 156 Å². The molecule has 0 aliphatic heterocycles. The van der Waals surface area contributed by atoms with Crippen LogP contribution in [0.1, 0.15) is 12.5 Å². The van der Waals surface area contributed by atoms with Gasteiger partial charge in [0.2, 0.25) is 11.2 Å². The standard InChI is InChI=1S/C21H20O6/c1-12-5-10-17-16(11-12)18(22)20(26-13(2)21(23)25-4)19(27-17)14-6-8-15(24-3)9-7-14/h5-11,13H,1-4H3/t13-/m0/s1. The molecule has 140 valence electrons. The molecule has 0 spiro atoms. The molecule has 0 aliphatic carbocycles. The molecule has 3 aromatic rings. The summed E-state index contributed by atoms with van der Waals surface area (Å²) < 4.78 is 21.5. The van der Waals surface area contributed by atoms with Gasteiger partial charge in [0.1, 0.15) is 11.3 Å². The molecule has 0 saturated carbocycles. The number of aryl methyl sites for hydroxylation is 1. The Kier molecular flexibility index (Phi) is 5.16. The topological polar surface area (TPSA) is 75.0 Å². The minimum atomic E-state index is -0.961. The number of rotatable bonds is 5. The van der Waals surface area contributed by atoms with E-state index in [4.69, 9.17) is 18.6 Å². The summed E-state index contributed by atoms with van der Waals surface area (Å²) >= 11 is 0. The quantitative estimate of drug-likeness (QED) is 0.639. The Morgan fingerprint density at radius 1 is 1.07 bits per heavy atom. The summed E-state index contributed by atoms with van der Waals surface area (Å²) in [6.45, 7) is 3.40. The van der Waals surface area contributed by atoms with Gasteiger partial charge >= 0.3 is 5.97 Å². The summed E-state index contributed by atoms with van der Waals surface area (Å²) in [7, 11) is 2.83. The second-order valence-electron chi connectivity index (χ2n) is 6.10. The van der Waals surface area contributed by atoms with Crippen LogP contribution in [0.2, 0.25) is 0 Å². The minimum Gasteiger partial charge on any atom is -0.497 e. The van der Waals surface area contributed by atoms with Crippen LogP contribution in [0.3, 0.4) is 0 Å². The maximum atomic E-state index is 13.1. The molecule has 3 rings (SSSR count). The van der Waals surface area contributed by atoms with Gasteiger partial charge in [-0.25, -0.2) is 4.79 Å². The zero-order valence-corrected chi connectivity index (χ0v) is 15.6. The lowest BCUT2D eigenvalue weighted by atomic mass is 10.1. The first kappa shape index (κ1) is 18.5. The molecule has 0 aliphatic rings. The van der Waals surface area contributed by atoms with Crippen molar-refractivity contribution in [2.45, 2.75) is 20.0 Å². The normalized spacial score (nSPS) is 11.9. The lowest BCUT2D eigenvalue weighted by Gasteiger charge is -2.15. The Hall–Kier alpha value is -3.28. The number of hydrogen-bond donors (Lipinski definition) is 0.